The van der Waals surface area contributed by atoms with E-state index in [-0.39, 0.29) is 6.10 Å². The third kappa shape index (κ3) is 1.28. The highest BCUT2D eigenvalue weighted by atomic mass is 35.5. The summed E-state index contributed by atoms with van der Waals surface area (Å²) in [7, 11) is 0. The van der Waals surface area contributed by atoms with E-state index in [0.717, 1.165) is 10.8 Å². The summed E-state index contributed by atoms with van der Waals surface area (Å²) in [5, 5.41) is 11.4. The molecule has 0 saturated heterocycles. The van der Waals surface area contributed by atoms with Gasteiger partial charge in [0.1, 0.15) is 0 Å². The molecule has 0 bridgehead atoms. The van der Waals surface area contributed by atoms with Crippen molar-refractivity contribution in [1.29, 1.82) is 0 Å². The lowest BCUT2D eigenvalue weighted by atomic mass is 9.69. The second kappa shape index (κ2) is 3.02. The molecule has 3 unspecified atom stereocenters. The zero-order valence-corrected chi connectivity index (χ0v) is 8.40. The summed E-state index contributed by atoms with van der Waals surface area (Å²) in [6.45, 7) is 2.09. The van der Waals surface area contributed by atoms with Crippen molar-refractivity contribution >= 4 is 22.9 Å². The van der Waals surface area contributed by atoms with Gasteiger partial charge in [0.15, 0.2) is 0 Å². The monoisotopic (exact) mass is 202 g/mol. The molecule has 12 heavy (non-hydrogen) atoms. The molecule has 1 aliphatic rings. The maximum Gasteiger partial charge on any atom is 0.0931 e. The number of aliphatic hydroxyl groups excluding tert-OH is 1. The van der Waals surface area contributed by atoms with Crippen LogP contribution in [-0.2, 0) is 0 Å². The Kier molecular flexibility index (Phi) is 2.15. The topological polar surface area (TPSA) is 20.2 Å². The van der Waals surface area contributed by atoms with Gasteiger partial charge >= 0.3 is 0 Å². The minimum absolute atomic E-state index is 0.103. The van der Waals surface area contributed by atoms with Crippen molar-refractivity contribution in [3.63, 3.8) is 0 Å². The summed E-state index contributed by atoms with van der Waals surface area (Å²) >= 11 is 7.39. The molecule has 1 aliphatic carbocycles. The van der Waals surface area contributed by atoms with Gasteiger partial charge < -0.3 is 5.11 Å². The summed E-state index contributed by atoms with van der Waals surface area (Å²) in [4.78, 5) is 0. The summed E-state index contributed by atoms with van der Waals surface area (Å²) < 4.78 is 0.846. The van der Waals surface area contributed by atoms with E-state index in [1.807, 2.05) is 6.07 Å². The SMILES string of the molecule is CC1C(O)CC1c1csc(Cl)c1. The fourth-order valence-corrected chi connectivity index (χ4v) is 2.67. The average molecular weight is 203 g/mol. The summed E-state index contributed by atoms with van der Waals surface area (Å²) in [6.07, 6.45) is 0.794. The van der Waals surface area contributed by atoms with E-state index in [9.17, 15) is 5.11 Å². The van der Waals surface area contributed by atoms with Crippen molar-refractivity contribution in [2.24, 2.45) is 5.92 Å². The highest BCUT2D eigenvalue weighted by Gasteiger charge is 2.37. The second-order valence-corrected chi connectivity index (χ2v) is 5.00. The van der Waals surface area contributed by atoms with E-state index in [1.54, 1.807) is 11.3 Å². The molecule has 1 heterocycles. The quantitative estimate of drug-likeness (QED) is 0.743. The minimum Gasteiger partial charge on any atom is -0.393 e. The zero-order chi connectivity index (χ0) is 8.72. The Balaban J connectivity index is 2.12. The highest BCUT2D eigenvalue weighted by molar-refractivity contribution is 7.14. The Morgan fingerprint density at radius 3 is 2.83 bits per heavy atom. The van der Waals surface area contributed by atoms with E-state index in [0.29, 0.717) is 11.8 Å². The molecule has 2 rings (SSSR count). The number of aliphatic hydroxyl groups is 1. The maximum atomic E-state index is 9.33. The van der Waals surface area contributed by atoms with E-state index in [4.69, 9.17) is 11.6 Å². The molecule has 3 heteroatoms. The molecular weight excluding hydrogens is 192 g/mol. The van der Waals surface area contributed by atoms with Crippen molar-refractivity contribution in [1.82, 2.24) is 0 Å². The molecule has 1 saturated carbocycles. The standard InChI is InChI=1S/C9H11ClOS/c1-5-7(3-8(5)11)6-2-9(10)12-4-6/h2,4-5,7-8,11H,3H2,1H3. The van der Waals surface area contributed by atoms with Gasteiger partial charge in [-0.15, -0.1) is 11.3 Å². The molecule has 1 aromatic rings. The fraction of sp³-hybridized carbons (Fsp3) is 0.556. The molecule has 0 aliphatic heterocycles. The lowest BCUT2D eigenvalue weighted by Gasteiger charge is -2.39. The first kappa shape index (κ1) is 8.54. The molecule has 0 aromatic carbocycles. The van der Waals surface area contributed by atoms with Gasteiger partial charge in [-0.3, -0.25) is 0 Å². The number of halogens is 1. The van der Waals surface area contributed by atoms with Crippen LogP contribution in [0.15, 0.2) is 11.4 Å². The lowest BCUT2D eigenvalue weighted by Crippen LogP contribution is -2.37. The fourth-order valence-electron chi connectivity index (χ4n) is 1.72. The number of thiophene rings is 1. The first-order valence-corrected chi connectivity index (χ1v) is 5.36. The average Bonchev–Trinajstić information content (AvgIpc) is 2.46. The largest absolute Gasteiger partial charge is 0.393 e. The van der Waals surface area contributed by atoms with Gasteiger partial charge in [-0.05, 0) is 35.3 Å². The van der Waals surface area contributed by atoms with Crippen LogP contribution in [0.2, 0.25) is 4.34 Å². The van der Waals surface area contributed by atoms with Crippen LogP contribution in [0.4, 0.5) is 0 Å². The third-order valence-electron chi connectivity index (χ3n) is 2.75. The van der Waals surface area contributed by atoms with E-state index in [2.05, 4.69) is 12.3 Å². The summed E-state index contributed by atoms with van der Waals surface area (Å²) in [5.41, 5.74) is 1.29. The van der Waals surface area contributed by atoms with Gasteiger partial charge in [-0.2, -0.15) is 0 Å². The molecule has 0 radical (unpaired) electrons. The Morgan fingerprint density at radius 2 is 2.42 bits per heavy atom. The molecule has 66 valence electrons. The van der Waals surface area contributed by atoms with Crippen LogP contribution < -0.4 is 0 Å². The number of rotatable bonds is 1. The Labute approximate surface area is 81.0 Å². The van der Waals surface area contributed by atoms with Gasteiger partial charge in [-0.25, -0.2) is 0 Å². The molecule has 1 aromatic heterocycles. The molecule has 1 fully saturated rings. The molecule has 1 nitrogen and oxygen atoms in total. The first-order chi connectivity index (χ1) is 5.68. The predicted octanol–water partition coefficient (Wildman–Crippen LogP) is 2.89. The predicted molar refractivity (Wildman–Crippen MR) is 51.9 cm³/mol. The Bertz CT molecular complexity index is 284. The minimum atomic E-state index is -0.103. The molecular formula is C9H11ClOS. The van der Waals surface area contributed by atoms with Crippen LogP contribution in [0.5, 0.6) is 0 Å². The maximum absolute atomic E-state index is 9.33. The van der Waals surface area contributed by atoms with E-state index in [1.165, 1.54) is 5.56 Å². The van der Waals surface area contributed by atoms with Crippen LogP contribution in [-0.4, -0.2) is 11.2 Å². The van der Waals surface area contributed by atoms with Gasteiger partial charge in [0.05, 0.1) is 10.4 Å². The number of hydrogen-bond acceptors (Lipinski definition) is 2. The van der Waals surface area contributed by atoms with Gasteiger partial charge in [0, 0.05) is 0 Å². The van der Waals surface area contributed by atoms with Crippen molar-refractivity contribution in [3.05, 3.63) is 21.3 Å². The highest BCUT2D eigenvalue weighted by Crippen LogP contribution is 2.44. The van der Waals surface area contributed by atoms with Crippen molar-refractivity contribution < 1.29 is 5.11 Å². The van der Waals surface area contributed by atoms with E-state index < -0.39 is 0 Å². The van der Waals surface area contributed by atoms with Crippen LogP contribution in [0, 0.1) is 5.92 Å². The van der Waals surface area contributed by atoms with Crippen LogP contribution in [0.3, 0.4) is 0 Å². The zero-order valence-electron chi connectivity index (χ0n) is 6.83. The third-order valence-corrected chi connectivity index (χ3v) is 3.86. The van der Waals surface area contributed by atoms with Crippen LogP contribution in [0.25, 0.3) is 0 Å². The molecule has 3 atom stereocenters. The molecule has 0 amide bonds. The van der Waals surface area contributed by atoms with Gasteiger partial charge in [0.25, 0.3) is 0 Å². The van der Waals surface area contributed by atoms with Gasteiger partial charge in [0.2, 0.25) is 0 Å². The van der Waals surface area contributed by atoms with E-state index >= 15 is 0 Å². The first-order valence-electron chi connectivity index (χ1n) is 4.10. The van der Waals surface area contributed by atoms with Crippen molar-refractivity contribution in [2.75, 3.05) is 0 Å². The number of hydrogen-bond donors (Lipinski definition) is 1. The molecule has 0 spiro atoms. The summed E-state index contributed by atoms with van der Waals surface area (Å²) in [5.74, 6) is 0.930. The lowest BCUT2D eigenvalue weighted by molar-refractivity contribution is 0.0119. The summed E-state index contributed by atoms with van der Waals surface area (Å²) in [6, 6.07) is 2.01. The smallest absolute Gasteiger partial charge is 0.0931 e. The van der Waals surface area contributed by atoms with Crippen LogP contribution >= 0.6 is 22.9 Å². The normalized spacial score (nSPS) is 34.8. The molecule has 1 N–H and O–H groups in total. The van der Waals surface area contributed by atoms with Gasteiger partial charge in [-0.1, -0.05) is 18.5 Å². The second-order valence-electron chi connectivity index (χ2n) is 3.45. The Hall–Kier alpha value is -0.0500. The van der Waals surface area contributed by atoms with Crippen molar-refractivity contribution in [2.45, 2.75) is 25.4 Å². The Morgan fingerprint density at radius 1 is 1.67 bits per heavy atom. The van der Waals surface area contributed by atoms with Crippen molar-refractivity contribution in [3.8, 4) is 0 Å². The van der Waals surface area contributed by atoms with Crippen LogP contribution in [0.1, 0.15) is 24.8 Å².